The van der Waals surface area contributed by atoms with Crippen molar-refractivity contribution >= 4 is 5.91 Å². The molecular weight excluding hydrogens is 221 g/mol. The van der Waals surface area contributed by atoms with Crippen molar-refractivity contribution in [3.05, 3.63) is 35.6 Å². The maximum atomic E-state index is 12.7. The van der Waals surface area contributed by atoms with Crippen LogP contribution in [0.2, 0.25) is 0 Å². The molecule has 0 aromatic heterocycles. The fourth-order valence-electron chi connectivity index (χ4n) is 1.89. The second-order valence-electron chi connectivity index (χ2n) is 4.24. The third-order valence-corrected chi connectivity index (χ3v) is 2.84. The van der Waals surface area contributed by atoms with Gasteiger partial charge in [0.2, 0.25) is 5.91 Å². The molecule has 0 bridgehead atoms. The van der Waals surface area contributed by atoms with E-state index in [9.17, 15) is 9.18 Å². The molecule has 1 N–H and O–H groups in total. The van der Waals surface area contributed by atoms with Crippen LogP contribution < -0.4 is 5.32 Å². The number of benzene rings is 1. The van der Waals surface area contributed by atoms with Crippen LogP contribution in [0.25, 0.3) is 0 Å². The summed E-state index contributed by atoms with van der Waals surface area (Å²) in [6.07, 6.45) is 2.49. The van der Waals surface area contributed by atoms with Crippen LogP contribution in [0, 0.1) is 5.82 Å². The number of nitrogens with one attached hydrogen (secondary N) is 1. The zero-order valence-electron chi connectivity index (χ0n) is 9.62. The molecule has 1 aromatic carbocycles. The van der Waals surface area contributed by atoms with Crippen molar-refractivity contribution in [1.82, 2.24) is 5.32 Å². The van der Waals surface area contributed by atoms with Gasteiger partial charge in [-0.3, -0.25) is 4.79 Å². The minimum absolute atomic E-state index is 0.0128. The van der Waals surface area contributed by atoms with E-state index in [4.69, 9.17) is 4.74 Å². The first-order chi connectivity index (χ1) is 8.24. The maximum Gasteiger partial charge on any atom is 0.222 e. The van der Waals surface area contributed by atoms with Gasteiger partial charge in [0, 0.05) is 13.2 Å². The van der Waals surface area contributed by atoms with Crippen molar-refractivity contribution in [2.75, 3.05) is 6.61 Å². The van der Waals surface area contributed by atoms with Gasteiger partial charge in [0.15, 0.2) is 0 Å². The van der Waals surface area contributed by atoms with Gasteiger partial charge in [-0.25, -0.2) is 4.39 Å². The summed E-state index contributed by atoms with van der Waals surface area (Å²) in [4.78, 5) is 11.6. The summed E-state index contributed by atoms with van der Waals surface area (Å²) in [7, 11) is 0. The standard InChI is InChI=1S/C13H16FNO2/c14-11-5-3-10(4-6-11)9-15-13(16)8-12-2-1-7-17-12/h3-6,12H,1-2,7-9H2,(H,15,16). The molecule has 1 unspecified atom stereocenters. The van der Waals surface area contributed by atoms with Crippen molar-refractivity contribution < 1.29 is 13.9 Å². The Labute approximate surface area is 100.0 Å². The number of halogens is 1. The first-order valence-electron chi connectivity index (χ1n) is 5.87. The van der Waals surface area contributed by atoms with E-state index in [1.807, 2.05) is 0 Å². The number of carbonyl (C=O) groups is 1. The van der Waals surface area contributed by atoms with Crippen LogP contribution in [0.3, 0.4) is 0 Å². The molecule has 1 aromatic rings. The van der Waals surface area contributed by atoms with Crippen LogP contribution in [0.4, 0.5) is 4.39 Å². The molecule has 1 atom stereocenters. The van der Waals surface area contributed by atoms with Gasteiger partial charge in [-0.05, 0) is 30.5 Å². The molecule has 3 nitrogen and oxygen atoms in total. The molecule has 1 fully saturated rings. The summed E-state index contributed by atoms with van der Waals surface area (Å²) < 4.78 is 18.0. The van der Waals surface area contributed by atoms with Crippen LogP contribution in [0.1, 0.15) is 24.8 Å². The zero-order chi connectivity index (χ0) is 12.1. The lowest BCUT2D eigenvalue weighted by Gasteiger charge is -2.09. The highest BCUT2D eigenvalue weighted by molar-refractivity contribution is 5.76. The zero-order valence-corrected chi connectivity index (χ0v) is 9.62. The van der Waals surface area contributed by atoms with E-state index in [0.717, 1.165) is 25.0 Å². The number of amides is 1. The lowest BCUT2D eigenvalue weighted by atomic mass is 10.1. The van der Waals surface area contributed by atoms with Crippen molar-refractivity contribution in [3.63, 3.8) is 0 Å². The third kappa shape index (κ3) is 3.82. The molecule has 1 aliphatic heterocycles. The number of hydrogen-bond donors (Lipinski definition) is 1. The minimum Gasteiger partial charge on any atom is -0.378 e. The van der Waals surface area contributed by atoms with Crippen molar-refractivity contribution in [2.45, 2.75) is 31.9 Å². The van der Waals surface area contributed by atoms with E-state index >= 15 is 0 Å². The van der Waals surface area contributed by atoms with Gasteiger partial charge in [-0.1, -0.05) is 12.1 Å². The summed E-state index contributed by atoms with van der Waals surface area (Å²) >= 11 is 0. The Morgan fingerprint density at radius 2 is 2.18 bits per heavy atom. The van der Waals surface area contributed by atoms with Gasteiger partial charge >= 0.3 is 0 Å². The fraction of sp³-hybridized carbons (Fsp3) is 0.462. The maximum absolute atomic E-state index is 12.7. The van der Waals surface area contributed by atoms with Gasteiger partial charge < -0.3 is 10.1 Å². The lowest BCUT2D eigenvalue weighted by molar-refractivity contribution is -0.123. The third-order valence-electron chi connectivity index (χ3n) is 2.84. The Hall–Kier alpha value is -1.42. The fourth-order valence-corrected chi connectivity index (χ4v) is 1.89. The molecule has 1 heterocycles. The molecule has 1 saturated heterocycles. The van der Waals surface area contributed by atoms with Gasteiger partial charge in [-0.2, -0.15) is 0 Å². The molecule has 0 saturated carbocycles. The average molecular weight is 237 g/mol. The van der Waals surface area contributed by atoms with Gasteiger partial charge in [0.25, 0.3) is 0 Å². The Kier molecular flexibility index (Phi) is 4.09. The normalized spacial score (nSPS) is 19.2. The second kappa shape index (κ2) is 5.77. The lowest BCUT2D eigenvalue weighted by Crippen LogP contribution is -2.26. The van der Waals surface area contributed by atoms with Crippen LogP contribution in [0.15, 0.2) is 24.3 Å². The molecular formula is C13H16FNO2. The summed E-state index contributed by atoms with van der Waals surface area (Å²) in [6, 6.07) is 6.12. The van der Waals surface area contributed by atoms with E-state index < -0.39 is 0 Å². The predicted octanol–water partition coefficient (Wildman–Crippen LogP) is 2.01. The SMILES string of the molecule is O=C(CC1CCCO1)NCc1ccc(F)cc1. The Balaban J connectivity index is 1.73. The smallest absolute Gasteiger partial charge is 0.222 e. The van der Waals surface area contributed by atoms with Gasteiger partial charge in [0.05, 0.1) is 12.5 Å². The average Bonchev–Trinajstić information content (AvgIpc) is 2.81. The predicted molar refractivity (Wildman–Crippen MR) is 61.8 cm³/mol. The topological polar surface area (TPSA) is 38.3 Å². The van der Waals surface area contributed by atoms with E-state index in [1.54, 1.807) is 12.1 Å². The first kappa shape index (κ1) is 12.0. The van der Waals surface area contributed by atoms with Gasteiger partial charge in [-0.15, -0.1) is 0 Å². The highest BCUT2D eigenvalue weighted by Crippen LogP contribution is 2.15. The van der Waals surface area contributed by atoms with Crippen LogP contribution in [-0.4, -0.2) is 18.6 Å². The molecule has 0 spiro atoms. The van der Waals surface area contributed by atoms with Crippen molar-refractivity contribution in [3.8, 4) is 0 Å². The van der Waals surface area contributed by atoms with E-state index in [-0.39, 0.29) is 17.8 Å². The number of ether oxygens (including phenoxy) is 1. The van der Waals surface area contributed by atoms with Gasteiger partial charge in [0.1, 0.15) is 5.82 Å². The van der Waals surface area contributed by atoms with E-state index in [2.05, 4.69) is 5.32 Å². The molecule has 17 heavy (non-hydrogen) atoms. The van der Waals surface area contributed by atoms with Crippen molar-refractivity contribution in [1.29, 1.82) is 0 Å². The molecule has 1 aliphatic rings. The number of carbonyl (C=O) groups excluding carboxylic acids is 1. The summed E-state index contributed by atoms with van der Waals surface area (Å²) in [5.41, 5.74) is 0.895. The molecule has 0 aliphatic carbocycles. The summed E-state index contributed by atoms with van der Waals surface area (Å²) in [5, 5.41) is 2.80. The molecule has 0 radical (unpaired) electrons. The summed E-state index contributed by atoms with van der Waals surface area (Å²) in [6.45, 7) is 1.20. The molecule has 4 heteroatoms. The number of hydrogen-bond acceptors (Lipinski definition) is 2. The monoisotopic (exact) mass is 237 g/mol. The quantitative estimate of drug-likeness (QED) is 0.870. The number of rotatable bonds is 4. The largest absolute Gasteiger partial charge is 0.378 e. The summed E-state index contributed by atoms with van der Waals surface area (Å²) in [5.74, 6) is -0.277. The molecule has 92 valence electrons. The van der Waals surface area contributed by atoms with Crippen LogP contribution in [0.5, 0.6) is 0 Å². The molecule has 1 amide bonds. The first-order valence-corrected chi connectivity index (χ1v) is 5.87. The Morgan fingerprint density at radius 1 is 1.41 bits per heavy atom. The van der Waals surface area contributed by atoms with Crippen LogP contribution in [-0.2, 0) is 16.1 Å². The molecule has 2 rings (SSSR count). The van der Waals surface area contributed by atoms with E-state index in [1.165, 1.54) is 12.1 Å². The Morgan fingerprint density at radius 3 is 2.82 bits per heavy atom. The highest BCUT2D eigenvalue weighted by Gasteiger charge is 2.18. The minimum atomic E-state index is -0.264. The highest BCUT2D eigenvalue weighted by atomic mass is 19.1. The van der Waals surface area contributed by atoms with Crippen molar-refractivity contribution in [2.24, 2.45) is 0 Å². The Bertz CT molecular complexity index is 372. The van der Waals surface area contributed by atoms with E-state index in [0.29, 0.717) is 13.0 Å². The van der Waals surface area contributed by atoms with Crippen LogP contribution >= 0.6 is 0 Å². The second-order valence-corrected chi connectivity index (χ2v) is 4.24.